The van der Waals surface area contributed by atoms with Crippen molar-refractivity contribution in [2.45, 2.75) is 46.6 Å². The first-order chi connectivity index (χ1) is 6.79. The second-order valence-corrected chi connectivity index (χ2v) is 5.20. The van der Waals surface area contributed by atoms with E-state index in [2.05, 4.69) is 44.4 Å². The van der Waals surface area contributed by atoms with E-state index in [0.717, 1.165) is 13.0 Å². The number of carbonyl (C=O) groups is 1. The maximum atomic E-state index is 10.9. The zero-order valence-electron chi connectivity index (χ0n) is 11.0. The molecule has 0 saturated carbocycles. The molecule has 3 heteroatoms. The van der Waals surface area contributed by atoms with Gasteiger partial charge in [0.1, 0.15) is 0 Å². The number of rotatable bonds is 5. The maximum Gasteiger partial charge on any atom is 0.305 e. The smallest absolute Gasteiger partial charge is 0.305 e. The third-order valence-corrected chi connectivity index (χ3v) is 3.03. The van der Waals surface area contributed by atoms with Gasteiger partial charge in [0.25, 0.3) is 0 Å². The van der Waals surface area contributed by atoms with E-state index in [9.17, 15) is 4.79 Å². The van der Waals surface area contributed by atoms with Crippen LogP contribution < -0.4 is 0 Å². The molecule has 3 nitrogen and oxygen atoms in total. The molecule has 0 spiro atoms. The number of nitrogens with zero attached hydrogens (tertiary/aromatic N) is 1. The zero-order valence-corrected chi connectivity index (χ0v) is 11.0. The van der Waals surface area contributed by atoms with Crippen molar-refractivity contribution in [1.29, 1.82) is 0 Å². The highest BCUT2D eigenvalue weighted by Crippen LogP contribution is 2.22. The van der Waals surface area contributed by atoms with E-state index in [1.54, 1.807) is 0 Å². The molecule has 0 aliphatic rings. The quantitative estimate of drug-likeness (QED) is 0.659. The van der Waals surface area contributed by atoms with E-state index >= 15 is 0 Å². The molecule has 15 heavy (non-hydrogen) atoms. The van der Waals surface area contributed by atoms with Crippen molar-refractivity contribution in [3.63, 3.8) is 0 Å². The van der Waals surface area contributed by atoms with Crippen LogP contribution in [0.2, 0.25) is 0 Å². The molecule has 0 aromatic rings. The molecule has 0 heterocycles. The van der Waals surface area contributed by atoms with E-state index in [-0.39, 0.29) is 11.4 Å². The van der Waals surface area contributed by atoms with Crippen LogP contribution in [-0.4, -0.2) is 37.6 Å². The maximum absolute atomic E-state index is 10.9. The Morgan fingerprint density at radius 2 is 1.93 bits per heavy atom. The van der Waals surface area contributed by atoms with E-state index in [4.69, 9.17) is 0 Å². The zero-order chi connectivity index (χ0) is 12.1. The van der Waals surface area contributed by atoms with Crippen LogP contribution in [0, 0.1) is 5.41 Å². The fourth-order valence-electron chi connectivity index (χ4n) is 1.43. The number of carbonyl (C=O) groups excluding carboxylic acids is 1. The summed E-state index contributed by atoms with van der Waals surface area (Å²) in [4.78, 5) is 13.2. The topological polar surface area (TPSA) is 29.5 Å². The minimum absolute atomic E-state index is 0.119. The largest absolute Gasteiger partial charge is 0.469 e. The van der Waals surface area contributed by atoms with E-state index in [0.29, 0.717) is 12.5 Å². The number of ether oxygens (including phenoxy) is 1. The summed E-state index contributed by atoms with van der Waals surface area (Å²) < 4.78 is 4.60. The number of hydrogen-bond acceptors (Lipinski definition) is 3. The highest BCUT2D eigenvalue weighted by molar-refractivity contribution is 5.69. The van der Waals surface area contributed by atoms with Crippen molar-refractivity contribution in [3.8, 4) is 0 Å². The lowest BCUT2D eigenvalue weighted by Gasteiger charge is -2.35. The molecule has 0 aliphatic heterocycles. The lowest BCUT2D eigenvalue weighted by Crippen LogP contribution is -2.39. The SMILES string of the molecule is COC(=O)CCCN(C)C(C)C(C)(C)C. The summed E-state index contributed by atoms with van der Waals surface area (Å²) in [6.07, 6.45) is 1.38. The van der Waals surface area contributed by atoms with Crippen LogP contribution in [-0.2, 0) is 9.53 Å². The molecule has 0 radical (unpaired) electrons. The van der Waals surface area contributed by atoms with Gasteiger partial charge in [0.2, 0.25) is 0 Å². The fourth-order valence-corrected chi connectivity index (χ4v) is 1.43. The van der Waals surface area contributed by atoms with Crippen molar-refractivity contribution in [2.75, 3.05) is 20.7 Å². The van der Waals surface area contributed by atoms with Crippen LogP contribution in [0.1, 0.15) is 40.5 Å². The molecule has 0 amide bonds. The normalized spacial score (nSPS) is 14.1. The summed E-state index contributed by atoms with van der Waals surface area (Å²) in [5.74, 6) is -0.119. The average molecular weight is 215 g/mol. The summed E-state index contributed by atoms with van der Waals surface area (Å²) in [7, 11) is 3.54. The summed E-state index contributed by atoms with van der Waals surface area (Å²) in [5.41, 5.74) is 0.278. The Balaban J connectivity index is 3.84. The van der Waals surface area contributed by atoms with Crippen molar-refractivity contribution < 1.29 is 9.53 Å². The Bertz CT molecular complexity index is 196. The highest BCUT2D eigenvalue weighted by atomic mass is 16.5. The number of methoxy groups -OCH3 is 1. The van der Waals surface area contributed by atoms with Gasteiger partial charge in [-0.3, -0.25) is 4.79 Å². The Hall–Kier alpha value is -0.570. The lowest BCUT2D eigenvalue weighted by molar-refractivity contribution is -0.140. The molecule has 0 saturated heterocycles. The van der Waals surface area contributed by atoms with Crippen molar-refractivity contribution in [1.82, 2.24) is 4.90 Å². The van der Waals surface area contributed by atoms with Crippen molar-refractivity contribution >= 4 is 5.97 Å². The molecular formula is C12H25NO2. The Morgan fingerprint density at radius 1 is 1.40 bits per heavy atom. The summed E-state index contributed by atoms with van der Waals surface area (Å²) in [6, 6.07) is 0.509. The second kappa shape index (κ2) is 6.11. The number of hydrogen-bond donors (Lipinski definition) is 0. The molecule has 0 rings (SSSR count). The Kier molecular flexibility index (Phi) is 5.88. The van der Waals surface area contributed by atoms with Crippen LogP contribution >= 0.6 is 0 Å². The van der Waals surface area contributed by atoms with Gasteiger partial charge in [0, 0.05) is 12.5 Å². The van der Waals surface area contributed by atoms with Gasteiger partial charge in [-0.1, -0.05) is 20.8 Å². The molecule has 0 aliphatic carbocycles. The molecule has 1 unspecified atom stereocenters. The second-order valence-electron chi connectivity index (χ2n) is 5.20. The molecule has 0 aromatic carbocycles. The third kappa shape index (κ3) is 5.78. The minimum Gasteiger partial charge on any atom is -0.469 e. The minimum atomic E-state index is -0.119. The molecule has 90 valence electrons. The van der Waals surface area contributed by atoms with Crippen LogP contribution in [0.3, 0.4) is 0 Å². The first-order valence-corrected chi connectivity index (χ1v) is 5.56. The third-order valence-electron chi connectivity index (χ3n) is 3.03. The first-order valence-electron chi connectivity index (χ1n) is 5.56. The molecule has 0 bridgehead atoms. The summed E-state index contributed by atoms with van der Waals surface area (Å²) >= 11 is 0. The van der Waals surface area contributed by atoms with Crippen LogP contribution in [0.5, 0.6) is 0 Å². The van der Waals surface area contributed by atoms with Crippen molar-refractivity contribution in [2.24, 2.45) is 5.41 Å². The van der Waals surface area contributed by atoms with Crippen LogP contribution in [0.4, 0.5) is 0 Å². The molecule has 0 fully saturated rings. The predicted molar refractivity (Wildman–Crippen MR) is 62.8 cm³/mol. The van der Waals surface area contributed by atoms with Crippen LogP contribution in [0.15, 0.2) is 0 Å². The van der Waals surface area contributed by atoms with Gasteiger partial charge in [-0.15, -0.1) is 0 Å². The first kappa shape index (κ1) is 14.4. The average Bonchev–Trinajstić information content (AvgIpc) is 2.14. The van der Waals surface area contributed by atoms with Gasteiger partial charge in [-0.2, -0.15) is 0 Å². The van der Waals surface area contributed by atoms with Gasteiger partial charge in [-0.05, 0) is 32.4 Å². The fraction of sp³-hybridized carbons (Fsp3) is 0.917. The summed E-state index contributed by atoms with van der Waals surface area (Å²) in [6.45, 7) is 9.85. The molecule has 0 aromatic heterocycles. The van der Waals surface area contributed by atoms with Gasteiger partial charge < -0.3 is 9.64 Å². The molecule has 1 atom stereocenters. The van der Waals surface area contributed by atoms with Gasteiger partial charge in [0.15, 0.2) is 0 Å². The van der Waals surface area contributed by atoms with Crippen LogP contribution in [0.25, 0.3) is 0 Å². The highest BCUT2D eigenvalue weighted by Gasteiger charge is 2.23. The standard InChI is InChI=1S/C12H25NO2/c1-10(12(2,3)4)13(5)9-7-8-11(14)15-6/h10H,7-9H2,1-6H3. The Morgan fingerprint density at radius 3 is 2.33 bits per heavy atom. The predicted octanol–water partition coefficient (Wildman–Crippen LogP) is 2.31. The lowest BCUT2D eigenvalue weighted by atomic mass is 9.87. The van der Waals surface area contributed by atoms with Gasteiger partial charge in [-0.25, -0.2) is 0 Å². The van der Waals surface area contributed by atoms with Gasteiger partial charge in [0.05, 0.1) is 7.11 Å². The van der Waals surface area contributed by atoms with E-state index in [1.807, 2.05) is 0 Å². The molecule has 0 N–H and O–H groups in total. The Labute approximate surface area is 93.8 Å². The van der Waals surface area contributed by atoms with E-state index < -0.39 is 0 Å². The summed E-state index contributed by atoms with van der Waals surface area (Å²) in [5, 5.41) is 0. The monoisotopic (exact) mass is 215 g/mol. The van der Waals surface area contributed by atoms with Crippen molar-refractivity contribution in [3.05, 3.63) is 0 Å². The number of esters is 1. The van der Waals surface area contributed by atoms with E-state index in [1.165, 1.54) is 7.11 Å². The van der Waals surface area contributed by atoms with Gasteiger partial charge >= 0.3 is 5.97 Å². The molecular weight excluding hydrogens is 190 g/mol.